The van der Waals surface area contributed by atoms with Crippen LogP contribution in [0, 0.1) is 0 Å². The van der Waals surface area contributed by atoms with Crippen LogP contribution in [0.25, 0.3) is 6.08 Å². The zero-order valence-electron chi connectivity index (χ0n) is 20.0. The lowest BCUT2D eigenvalue weighted by Crippen LogP contribution is -2.47. The number of piperazine rings is 1. The summed E-state index contributed by atoms with van der Waals surface area (Å²) in [6, 6.07) is 16.3. The summed E-state index contributed by atoms with van der Waals surface area (Å²) in [5.74, 6) is 1.37. The van der Waals surface area contributed by atoms with E-state index in [1.165, 1.54) is 5.69 Å². The fraction of sp³-hybridized carbons (Fsp3) is 0.444. The molecule has 1 amide bonds. The molecular formula is C27H37N3O3. The predicted octanol–water partition coefficient (Wildman–Crippen LogP) is 4.22. The number of carbonyl (C=O) groups is 1. The minimum Gasteiger partial charge on any atom is -0.490 e. The number of nitrogens with one attached hydrogen (secondary N) is 1. The Bertz CT molecular complexity index is 877. The van der Waals surface area contributed by atoms with Crippen LogP contribution in [-0.4, -0.2) is 63.3 Å². The minimum atomic E-state index is -0.0758. The van der Waals surface area contributed by atoms with Crippen LogP contribution >= 0.6 is 0 Å². The van der Waals surface area contributed by atoms with Gasteiger partial charge < -0.3 is 19.7 Å². The van der Waals surface area contributed by atoms with Crippen LogP contribution < -0.4 is 19.7 Å². The van der Waals surface area contributed by atoms with Gasteiger partial charge in [-0.15, -0.1) is 0 Å². The van der Waals surface area contributed by atoms with Gasteiger partial charge in [0.25, 0.3) is 0 Å². The quantitative estimate of drug-likeness (QED) is 0.387. The van der Waals surface area contributed by atoms with Gasteiger partial charge in [0, 0.05) is 44.5 Å². The lowest BCUT2D eigenvalue weighted by atomic mass is 10.2. The van der Waals surface area contributed by atoms with E-state index in [-0.39, 0.29) is 5.91 Å². The first-order chi connectivity index (χ1) is 16.2. The van der Waals surface area contributed by atoms with E-state index in [2.05, 4.69) is 52.4 Å². The van der Waals surface area contributed by atoms with E-state index in [1.807, 2.05) is 31.2 Å². The molecule has 33 heavy (non-hydrogen) atoms. The van der Waals surface area contributed by atoms with Crippen LogP contribution in [0.5, 0.6) is 11.5 Å². The molecule has 0 spiro atoms. The van der Waals surface area contributed by atoms with Gasteiger partial charge in [0.2, 0.25) is 5.91 Å². The van der Waals surface area contributed by atoms with Crippen molar-refractivity contribution < 1.29 is 14.3 Å². The second-order valence-corrected chi connectivity index (χ2v) is 8.13. The van der Waals surface area contributed by atoms with Gasteiger partial charge in [-0.2, -0.15) is 0 Å². The fourth-order valence-corrected chi connectivity index (χ4v) is 3.84. The first-order valence-corrected chi connectivity index (χ1v) is 12.1. The van der Waals surface area contributed by atoms with Gasteiger partial charge in [-0.1, -0.05) is 31.2 Å². The first-order valence-electron chi connectivity index (χ1n) is 12.1. The van der Waals surface area contributed by atoms with Crippen molar-refractivity contribution in [1.82, 2.24) is 10.2 Å². The summed E-state index contributed by atoms with van der Waals surface area (Å²) in [5, 5.41) is 2.99. The number of hydrogen-bond donors (Lipinski definition) is 1. The van der Waals surface area contributed by atoms with Gasteiger partial charge in [0.1, 0.15) is 0 Å². The van der Waals surface area contributed by atoms with Crippen LogP contribution in [-0.2, 0) is 4.79 Å². The largest absolute Gasteiger partial charge is 0.490 e. The monoisotopic (exact) mass is 451 g/mol. The molecule has 1 heterocycles. The number of nitrogens with zero attached hydrogens (tertiary/aromatic N) is 2. The molecule has 2 aromatic carbocycles. The van der Waals surface area contributed by atoms with Crippen molar-refractivity contribution in [3.8, 4) is 11.5 Å². The Morgan fingerprint density at radius 3 is 2.52 bits per heavy atom. The number of benzene rings is 2. The highest BCUT2D eigenvalue weighted by Crippen LogP contribution is 2.29. The molecule has 0 aliphatic carbocycles. The second kappa shape index (κ2) is 13.5. The molecule has 178 valence electrons. The molecule has 0 radical (unpaired) electrons. The maximum Gasteiger partial charge on any atom is 0.243 e. The number of ether oxygens (including phenoxy) is 2. The van der Waals surface area contributed by atoms with E-state index in [1.54, 1.807) is 6.08 Å². The lowest BCUT2D eigenvalue weighted by molar-refractivity contribution is -0.116. The third kappa shape index (κ3) is 8.13. The van der Waals surface area contributed by atoms with Crippen LogP contribution in [0.2, 0.25) is 0 Å². The number of rotatable bonds is 12. The van der Waals surface area contributed by atoms with Gasteiger partial charge in [0.15, 0.2) is 11.5 Å². The number of para-hydroxylation sites is 1. The highest BCUT2D eigenvalue weighted by Gasteiger charge is 2.16. The van der Waals surface area contributed by atoms with Crippen LogP contribution in [0.4, 0.5) is 5.69 Å². The number of anilines is 1. The molecule has 1 aliphatic heterocycles. The van der Waals surface area contributed by atoms with E-state index >= 15 is 0 Å². The summed E-state index contributed by atoms with van der Waals surface area (Å²) in [6.07, 6.45) is 5.28. The average Bonchev–Trinajstić information content (AvgIpc) is 2.86. The maximum atomic E-state index is 12.2. The summed E-state index contributed by atoms with van der Waals surface area (Å²) in [6.45, 7) is 11.1. The third-order valence-corrected chi connectivity index (χ3v) is 5.60. The molecule has 1 N–H and O–H groups in total. The van der Waals surface area contributed by atoms with E-state index in [9.17, 15) is 4.79 Å². The molecule has 0 atom stereocenters. The van der Waals surface area contributed by atoms with Gasteiger partial charge in [-0.25, -0.2) is 0 Å². The number of amides is 1. The molecule has 2 aromatic rings. The molecule has 3 rings (SSSR count). The van der Waals surface area contributed by atoms with Crippen LogP contribution in [0.1, 0.15) is 32.3 Å². The Hall–Kier alpha value is -2.99. The highest BCUT2D eigenvalue weighted by molar-refractivity contribution is 5.91. The third-order valence-electron chi connectivity index (χ3n) is 5.60. The molecule has 1 saturated heterocycles. The van der Waals surface area contributed by atoms with E-state index in [0.29, 0.717) is 25.5 Å². The predicted molar refractivity (Wildman–Crippen MR) is 135 cm³/mol. The Kier molecular flexibility index (Phi) is 10.1. The normalized spacial score (nSPS) is 14.4. The summed E-state index contributed by atoms with van der Waals surface area (Å²) in [4.78, 5) is 17.1. The summed E-state index contributed by atoms with van der Waals surface area (Å²) < 4.78 is 11.4. The highest BCUT2D eigenvalue weighted by atomic mass is 16.5. The standard InChI is InChI=1S/C27H37N3O3/c1-3-21-33-25-13-11-23(22-26(25)32-4-2)12-14-27(31)28-15-8-16-29-17-19-30(20-18-29)24-9-6-5-7-10-24/h5-7,9-14,22H,3-4,8,15-21H2,1-2H3,(H,28,31)/b14-12+. The summed E-state index contributed by atoms with van der Waals surface area (Å²) in [7, 11) is 0. The van der Waals surface area contributed by atoms with E-state index in [4.69, 9.17) is 9.47 Å². The van der Waals surface area contributed by atoms with Crippen molar-refractivity contribution in [1.29, 1.82) is 0 Å². The lowest BCUT2D eigenvalue weighted by Gasteiger charge is -2.36. The average molecular weight is 452 g/mol. The topological polar surface area (TPSA) is 54.0 Å². The SMILES string of the molecule is CCCOc1ccc(/C=C/C(=O)NCCCN2CCN(c3ccccc3)CC2)cc1OCC. The van der Waals surface area contributed by atoms with Crippen molar-refractivity contribution in [2.75, 3.05) is 57.4 Å². The Balaban J connectivity index is 1.36. The van der Waals surface area contributed by atoms with Crippen molar-refractivity contribution in [3.05, 3.63) is 60.2 Å². The number of carbonyl (C=O) groups excluding carboxylic acids is 1. The van der Waals surface area contributed by atoms with Gasteiger partial charge in [-0.3, -0.25) is 9.69 Å². The number of hydrogen-bond acceptors (Lipinski definition) is 5. The molecule has 6 heteroatoms. The van der Waals surface area contributed by atoms with Crippen molar-refractivity contribution in [3.63, 3.8) is 0 Å². The Labute approximate surface area is 198 Å². The van der Waals surface area contributed by atoms with Gasteiger partial charge in [0.05, 0.1) is 13.2 Å². The molecule has 1 fully saturated rings. The summed E-state index contributed by atoms with van der Waals surface area (Å²) >= 11 is 0. The van der Waals surface area contributed by atoms with Crippen molar-refractivity contribution in [2.45, 2.75) is 26.7 Å². The zero-order chi connectivity index (χ0) is 23.3. The molecule has 1 aliphatic rings. The second-order valence-electron chi connectivity index (χ2n) is 8.13. The fourth-order valence-electron chi connectivity index (χ4n) is 3.84. The smallest absolute Gasteiger partial charge is 0.243 e. The van der Waals surface area contributed by atoms with Gasteiger partial charge in [-0.05, 0) is 62.2 Å². The van der Waals surface area contributed by atoms with Gasteiger partial charge >= 0.3 is 0 Å². The van der Waals surface area contributed by atoms with Crippen molar-refractivity contribution >= 4 is 17.7 Å². The van der Waals surface area contributed by atoms with E-state index < -0.39 is 0 Å². The van der Waals surface area contributed by atoms with Crippen molar-refractivity contribution in [2.24, 2.45) is 0 Å². The molecule has 0 aromatic heterocycles. The van der Waals surface area contributed by atoms with Crippen LogP contribution in [0.15, 0.2) is 54.6 Å². The Morgan fingerprint density at radius 2 is 1.79 bits per heavy atom. The molecular weight excluding hydrogens is 414 g/mol. The summed E-state index contributed by atoms with van der Waals surface area (Å²) in [5.41, 5.74) is 2.21. The minimum absolute atomic E-state index is 0.0758. The first kappa shape index (κ1) is 24.6. The molecule has 6 nitrogen and oxygen atoms in total. The Morgan fingerprint density at radius 1 is 1.00 bits per heavy atom. The molecule has 0 unspecified atom stereocenters. The maximum absolute atomic E-state index is 12.2. The molecule has 0 saturated carbocycles. The zero-order valence-corrected chi connectivity index (χ0v) is 20.0. The van der Waals surface area contributed by atoms with E-state index in [0.717, 1.165) is 56.9 Å². The molecule has 0 bridgehead atoms. The van der Waals surface area contributed by atoms with Crippen LogP contribution in [0.3, 0.4) is 0 Å².